The fourth-order valence-corrected chi connectivity index (χ4v) is 2.52. The minimum atomic E-state index is -0.606. The Kier molecular flexibility index (Phi) is 3.81. The van der Waals surface area contributed by atoms with E-state index < -0.39 is 11.7 Å². The van der Waals surface area contributed by atoms with Crippen molar-refractivity contribution < 1.29 is 9.18 Å². The van der Waals surface area contributed by atoms with E-state index in [1.807, 2.05) is 0 Å². The highest BCUT2D eigenvalue weighted by Crippen LogP contribution is 2.28. The molecule has 1 aromatic rings. The Morgan fingerprint density at radius 3 is 2.89 bits per heavy atom. The molecule has 4 N–H and O–H groups in total. The molecule has 1 atom stereocenters. The molecule has 0 saturated carbocycles. The molecule has 1 amide bonds. The van der Waals surface area contributed by atoms with Gasteiger partial charge in [-0.15, -0.1) is 0 Å². The maximum Gasteiger partial charge on any atom is 0.250 e. The van der Waals surface area contributed by atoms with Crippen molar-refractivity contribution in [1.82, 2.24) is 0 Å². The van der Waals surface area contributed by atoms with Crippen molar-refractivity contribution >= 4 is 11.6 Å². The molecule has 1 aromatic carbocycles. The Balaban J connectivity index is 2.39. The molecule has 2 rings (SSSR count). The number of anilines is 1. The zero-order valence-electron chi connectivity index (χ0n) is 10.2. The van der Waals surface area contributed by atoms with Gasteiger partial charge in [-0.05, 0) is 37.5 Å². The van der Waals surface area contributed by atoms with Crippen LogP contribution in [0.1, 0.15) is 29.6 Å². The maximum atomic E-state index is 13.2. The van der Waals surface area contributed by atoms with Crippen LogP contribution in [0.3, 0.4) is 0 Å². The van der Waals surface area contributed by atoms with E-state index in [4.69, 9.17) is 11.5 Å². The lowest BCUT2D eigenvalue weighted by molar-refractivity contribution is 0.1000. The summed E-state index contributed by atoms with van der Waals surface area (Å²) in [4.78, 5) is 13.5. The molecular formula is C13H18FN3O. The number of amides is 1. The number of hydrogen-bond donors (Lipinski definition) is 2. The number of primary amides is 1. The fourth-order valence-electron chi connectivity index (χ4n) is 2.52. The van der Waals surface area contributed by atoms with Gasteiger partial charge in [0.25, 0.3) is 5.91 Å². The molecule has 1 heterocycles. The Morgan fingerprint density at radius 1 is 1.44 bits per heavy atom. The lowest BCUT2D eigenvalue weighted by Gasteiger charge is -2.37. The summed E-state index contributed by atoms with van der Waals surface area (Å²) in [5.74, 6) is -1.06. The van der Waals surface area contributed by atoms with Gasteiger partial charge in [-0.25, -0.2) is 4.39 Å². The van der Waals surface area contributed by atoms with Gasteiger partial charge in [-0.3, -0.25) is 4.79 Å². The second-order valence-electron chi connectivity index (χ2n) is 4.60. The summed E-state index contributed by atoms with van der Waals surface area (Å²) >= 11 is 0. The molecule has 0 aliphatic carbocycles. The normalized spacial score (nSPS) is 19.9. The molecule has 1 aliphatic heterocycles. The number of piperidine rings is 1. The van der Waals surface area contributed by atoms with Gasteiger partial charge in [0.05, 0.1) is 11.3 Å². The molecule has 1 saturated heterocycles. The van der Waals surface area contributed by atoms with Crippen molar-refractivity contribution in [2.24, 2.45) is 11.5 Å². The van der Waals surface area contributed by atoms with Crippen LogP contribution in [0, 0.1) is 5.82 Å². The number of hydrogen-bond acceptors (Lipinski definition) is 3. The van der Waals surface area contributed by atoms with E-state index in [-0.39, 0.29) is 11.6 Å². The molecule has 0 spiro atoms. The van der Waals surface area contributed by atoms with Gasteiger partial charge in [0.1, 0.15) is 5.82 Å². The molecule has 4 nitrogen and oxygen atoms in total. The van der Waals surface area contributed by atoms with Gasteiger partial charge < -0.3 is 16.4 Å². The first kappa shape index (κ1) is 12.8. The average Bonchev–Trinajstić information content (AvgIpc) is 2.38. The number of carbonyl (C=O) groups excluding carboxylic acids is 1. The van der Waals surface area contributed by atoms with Crippen LogP contribution in [0.15, 0.2) is 18.2 Å². The lowest BCUT2D eigenvalue weighted by atomic mass is 9.99. The lowest BCUT2D eigenvalue weighted by Crippen LogP contribution is -2.45. The van der Waals surface area contributed by atoms with E-state index in [1.54, 1.807) is 6.07 Å². The van der Waals surface area contributed by atoms with Gasteiger partial charge in [0, 0.05) is 19.1 Å². The predicted molar refractivity (Wildman–Crippen MR) is 69.0 cm³/mol. The third-order valence-corrected chi connectivity index (χ3v) is 3.43. The molecule has 18 heavy (non-hydrogen) atoms. The maximum absolute atomic E-state index is 13.2. The van der Waals surface area contributed by atoms with E-state index in [9.17, 15) is 9.18 Å². The van der Waals surface area contributed by atoms with Gasteiger partial charge in [-0.1, -0.05) is 0 Å². The van der Waals surface area contributed by atoms with Gasteiger partial charge in [-0.2, -0.15) is 0 Å². The quantitative estimate of drug-likeness (QED) is 0.849. The summed E-state index contributed by atoms with van der Waals surface area (Å²) in [5.41, 5.74) is 12.0. The van der Waals surface area contributed by atoms with Crippen molar-refractivity contribution in [2.45, 2.75) is 25.3 Å². The van der Waals surface area contributed by atoms with Gasteiger partial charge >= 0.3 is 0 Å². The smallest absolute Gasteiger partial charge is 0.250 e. The molecular weight excluding hydrogens is 233 g/mol. The largest absolute Gasteiger partial charge is 0.367 e. The Bertz CT molecular complexity index is 450. The monoisotopic (exact) mass is 251 g/mol. The summed E-state index contributed by atoms with van der Waals surface area (Å²) in [6.45, 7) is 1.35. The summed E-state index contributed by atoms with van der Waals surface area (Å²) in [6, 6.07) is 4.36. The fraction of sp³-hybridized carbons (Fsp3) is 0.462. The standard InChI is InChI=1S/C13H18FN3O/c14-9-4-5-12(11(7-9)13(16)18)17-6-2-1-3-10(17)8-15/h4-5,7,10H,1-3,6,8,15H2,(H2,16,18). The van der Waals surface area contributed by atoms with Crippen LogP contribution in [0.2, 0.25) is 0 Å². The minimum Gasteiger partial charge on any atom is -0.367 e. The second kappa shape index (κ2) is 5.35. The number of nitrogens with two attached hydrogens (primary N) is 2. The van der Waals surface area contributed by atoms with Gasteiger partial charge in [0.15, 0.2) is 0 Å². The Labute approximate surface area is 106 Å². The van der Waals surface area contributed by atoms with E-state index in [1.165, 1.54) is 12.1 Å². The molecule has 0 radical (unpaired) electrons. The van der Waals surface area contributed by atoms with Crippen LogP contribution in [-0.2, 0) is 0 Å². The first-order valence-corrected chi connectivity index (χ1v) is 6.19. The summed E-state index contributed by atoms with van der Waals surface area (Å²) in [7, 11) is 0. The highest BCUT2D eigenvalue weighted by molar-refractivity contribution is 5.98. The highest BCUT2D eigenvalue weighted by Gasteiger charge is 2.24. The predicted octanol–water partition coefficient (Wildman–Crippen LogP) is 1.24. The minimum absolute atomic E-state index is 0.197. The number of halogens is 1. The molecule has 5 heteroatoms. The van der Waals surface area contributed by atoms with Crippen LogP contribution in [0.5, 0.6) is 0 Å². The third kappa shape index (κ3) is 2.46. The van der Waals surface area contributed by atoms with Crippen molar-refractivity contribution in [3.63, 3.8) is 0 Å². The van der Waals surface area contributed by atoms with E-state index in [2.05, 4.69) is 4.90 Å². The van der Waals surface area contributed by atoms with Crippen LogP contribution >= 0.6 is 0 Å². The number of benzene rings is 1. The Morgan fingerprint density at radius 2 is 2.22 bits per heavy atom. The topological polar surface area (TPSA) is 72.3 Å². The zero-order valence-corrected chi connectivity index (χ0v) is 10.2. The van der Waals surface area contributed by atoms with Crippen LogP contribution in [0.4, 0.5) is 10.1 Å². The van der Waals surface area contributed by atoms with E-state index in [0.717, 1.165) is 25.8 Å². The second-order valence-corrected chi connectivity index (χ2v) is 4.60. The van der Waals surface area contributed by atoms with Crippen molar-refractivity contribution in [3.05, 3.63) is 29.6 Å². The summed E-state index contributed by atoms with van der Waals surface area (Å²) < 4.78 is 13.2. The van der Waals surface area contributed by atoms with E-state index in [0.29, 0.717) is 12.2 Å². The molecule has 1 aliphatic rings. The van der Waals surface area contributed by atoms with Crippen molar-refractivity contribution in [3.8, 4) is 0 Å². The third-order valence-electron chi connectivity index (χ3n) is 3.43. The van der Waals surface area contributed by atoms with Crippen LogP contribution in [0.25, 0.3) is 0 Å². The highest BCUT2D eigenvalue weighted by atomic mass is 19.1. The average molecular weight is 251 g/mol. The first-order chi connectivity index (χ1) is 8.63. The van der Waals surface area contributed by atoms with Crippen molar-refractivity contribution in [1.29, 1.82) is 0 Å². The van der Waals surface area contributed by atoms with Crippen LogP contribution < -0.4 is 16.4 Å². The molecule has 0 aromatic heterocycles. The first-order valence-electron chi connectivity index (χ1n) is 6.19. The van der Waals surface area contributed by atoms with Crippen molar-refractivity contribution in [2.75, 3.05) is 18.0 Å². The number of carbonyl (C=O) groups is 1. The summed E-state index contributed by atoms with van der Waals surface area (Å²) in [5, 5.41) is 0. The number of nitrogens with zero attached hydrogens (tertiary/aromatic N) is 1. The van der Waals surface area contributed by atoms with Crippen LogP contribution in [-0.4, -0.2) is 25.0 Å². The zero-order chi connectivity index (χ0) is 13.1. The van der Waals surface area contributed by atoms with Gasteiger partial charge in [0.2, 0.25) is 0 Å². The molecule has 1 unspecified atom stereocenters. The molecule has 98 valence electrons. The SMILES string of the molecule is NCC1CCCCN1c1ccc(F)cc1C(N)=O. The van der Waals surface area contributed by atoms with E-state index >= 15 is 0 Å². The molecule has 0 bridgehead atoms. The number of rotatable bonds is 3. The molecule has 1 fully saturated rings. The Hall–Kier alpha value is -1.62. The summed E-state index contributed by atoms with van der Waals surface area (Å²) in [6.07, 6.45) is 3.17.